The van der Waals surface area contributed by atoms with Crippen LogP contribution in [0.3, 0.4) is 0 Å². The van der Waals surface area contributed by atoms with E-state index in [0.29, 0.717) is 24.8 Å². The van der Waals surface area contributed by atoms with Gasteiger partial charge in [-0.15, -0.1) is 0 Å². The Balaban J connectivity index is 1.37. The third-order valence-electron chi connectivity index (χ3n) is 4.93. The third kappa shape index (κ3) is 5.73. The molecule has 1 heterocycles. The smallest absolute Gasteiger partial charge is 0.222 e. The number of halogens is 1. The lowest BCUT2D eigenvalue weighted by atomic mass is 10.1. The molecule has 0 bridgehead atoms. The maximum Gasteiger partial charge on any atom is 0.222 e. The summed E-state index contributed by atoms with van der Waals surface area (Å²) in [6.45, 7) is 4.12. The van der Waals surface area contributed by atoms with Gasteiger partial charge in [0.05, 0.1) is 0 Å². The van der Waals surface area contributed by atoms with Crippen LogP contribution in [0.1, 0.15) is 35.2 Å². The Kier molecular flexibility index (Phi) is 6.71. The number of rotatable bonds is 7. The van der Waals surface area contributed by atoms with E-state index in [4.69, 9.17) is 0 Å². The van der Waals surface area contributed by atoms with Crippen LogP contribution in [0.2, 0.25) is 0 Å². The molecule has 3 rings (SSSR count). The Hall–Kier alpha value is -2.53. The van der Waals surface area contributed by atoms with Gasteiger partial charge >= 0.3 is 0 Å². The number of carbonyl (C=O) groups excluding carboxylic acids is 2. The summed E-state index contributed by atoms with van der Waals surface area (Å²) in [4.78, 5) is 28.7. The molecule has 4 nitrogen and oxygen atoms in total. The van der Waals surface area contributed by atoms with E-state index in [0.717, 1.165) is 32.7 Å². The highest BCUT2D eigenvalue weighted by Gasteiger charge is 2.21. The van der Waals surface area contributed by atoms with E-state index in [1.807, 2.05) is 23.1 Å². The highest BCUT2D eigenvalue weighted by molar-refractivity contribution is 5.96. The summed E-state index contributed by atoms with van der Waals surface area (Å²) in [5.41, 5.74) is 1.79. The zero-order valence-electron chi connectivity index (χ0n) is 15.4. The fraction of sp³-hybridized carbons (Fsp3) is 0.364. The first-order chi connectivity index (χ1) is 13.1. The van der Waals surface area contributed by atoms with Gasteiger partial charge in [0.25, 0.3) is 0 Å². The molecule has 0 atom stereocenters. The third-order valence-corrected chi connectivity index (χ3v) is 4.93. The van der Waals surface area contributed by atoms with Gasteiger partial charge in [-0.25, -0.2) is 4.39 Å². The van der Waals surface area contributed by atoms with Crippen molar-refractivity contribution in [1.82, 2.24) is 9.80 Å². The molecule has 0 saturated carbocycles. The second-order valence-electron chi connectivity index (χ2n) is 6.93. The van der Waals surface area contributed by atoms with Crippen LogP contribution in [0.15, 0.2) is 54.6 Å². The molecule has 0 unspecified atom stereocenters. The number of ketones is 1. The number of hydrogen-bond acceptors (Lipinski definition) is 3. The fourth-order valence-electron chi connectivity index (χ4n) is 3.34. The molecule has 2 aromatic carbocycles. The molecular formula is C22H25FN2O2. The summed E-state index contributed by atoms with van der Waals surface area (Å²) in [5, 5.41) is 0. The van der Waals surface area contributed by atoms with Crippen LogP contribution < -0.4 is 0 Å². The zero-order chi connectivity index (χ0) is 19.1. The van der Waals surface area contributed by atoms with Gasteiger partial charge < -0.3 is 4.90 Å². The molecule has 1 amide bonds. The number of hydrogen-bond donors (Lipinski definition) is 0. The van der Waals surface area contributed by atoms with Crippen LogP contribution in [0.4, 0.5) is 4.39 Å². The van der Waals surface area contributed by atoms with Crippen molar-refractivity contribution >= 4 is 11.7 Å². The van der Waals surface area contributed by atoms with E-state index < -0.39 is 0 Å². The van der Waals surface area contributed by atoms with Gasteiger partial charge in [-0.3, -0.25) is 14.5 Å². The number of carbonyl (C=O) groups is 2. The summed E-state index contributed by atoms with van der Waals surface area (Å²) < 4.78 is 12.9. The maximum atomic E-state index is 12.9. The van der Waals surface area contributed by atoms with Crippen LogP contribution in [-0.4, -0.2) is 47.7 Å². The van der Waals surface area contributed by atoms with Crippen molar-refractivity contribution < 1.29 is 14.0 Å². The second kappa shape index (κ2) is 9.42. The molecule has 0 N–H and O–H groups in total. The molecule has 1 aliphatic heterocycles. The lowest BCUT2D eigenvalue weighted by Gasteiger charge is -2.34. The minimum Gasteiger partial charge on any atom is -0.340 e. The Morgan fingerprint density at radius 2 is 1.52 bits per heavy atom. The van der Waals surface area contributed by atoms with E-state index >= 15 is 0 Å². The largest absolute Gasteiger partial charge is 0.340 e. The first kappa shape index (κ1) is 19.2. The number of amides is 1. The molecule has 0 aromatic heterocycles. The SMILES string of the molecule is O=C(CCCC(=O)N1CCN(Cc2ccccc2)CC1)c1ccc(F)cc1. The van der Waals surface area contributed by atoms with Gasteiger partial charge in [0.15, 0.2) is 5.78 Å². The summed E-state index contributed by atoms with van der Waals surface area (Å²) in [7, 11) is 0. The zero-order valence-corrected chi connectivity index (χ0v) is 15.4. The van der Waals surface area contributed by atoms with Crippen molar-refractivity contribution in [3.8, 4) is 0 Å². The van der Waals surface area contributed by atoms with E-state index in [1.54, 1.807) is 0 Å². The second-order valence-corrected chi connectivity index (χ2v) is 6.93. The monoisotopic (exact) mass is 368 g/mol. The normalized spacial score (nSPS) is 14.9. The fourth-order valence-corrected chi connectivity index (χ4v) is 3.34. The van der Waals surface area contributed by atoms with Gasteiger partial charge in [0.2, 0.25) is 5.91 Å². The van der Waals surface area contributed by atoms with E-state index in [-0.39, 0.29) is 17.5 Å². The summed E-state index contributed by atoms with van der Waals surface area (Å²) in [5.74, 6) is -0.287. The average molecular weight is 368 g/mol. The topological polar surface area (TPSA) is 40.6 Å². The van der Waals surface area contributed by atoms with E-state index in [2.05, 4.69) is 17.0 Å². The molecule has 0 radical (unpaired) electrons. The quantitative estimate of drug-likeness (QED) is 0.702. The van der Waals surface area contributed by atoms with Crippen molar-refractivity contribution in [3.63, 3.8) is 0 Å². The van der Waals surface area contributed by atoms with Gasteiger partial charge in [-0.1, -0.05) is 30.3 Å². The Bertz CT molecular complexity index is 754. The molecular weight excluding hydrogens is 343 g/mol. The van der Waals surface area contributed by atoms with Crippen molar-refractivity contribution in [2.24, 2.45) is 0 Å². The predicted molar refractivity (Wildman–Crippen MR) is 103 cm³/mol. The van der Waals surface area contributed by atoms with E-state index in [1.165, 1.54) is 29.8 Å². The summed E-state index contributed by atoms with van der Waals surface area (Å²) in [6.07, 6.45) is 1.22. The minimum absolute atomic E-state index is 0.0459. The molecule has 0 spiro atoms. The Labute approximate surface area is 159 Å². The lowest BCUT2D eigenvalue weighted by Crippen LogP contribution is -2.48. The number of piperazine rings is 1. The van der Waals surface area contributed by atoms with Crippen LogP contribution in [0.25, 0.3) is 0 Å². The molecule has 0 aliphatic carbocycles. The van der Waals surface area contributed by atoms with E-state index in [9.17, 15) is 14.0 Å². The first-order valence-electron chi connectivity index (χ1n) is 9.44. The van der Waals surface area contributed by atoms with Crippen LogP contribution in [-0.2, 0) is 11.3 Å². The van der Waals surface area contributed by atoms with Gasteiger partial charge in [-0.05, 0) is 36.2 Å². The molecule has 1 aliphatic rings. The molecule has 2 aromatic rings. The minimum atomic E-state index is -0.354. The summed E-state index contributed by atoms with van der Waals surface area (Å²) >= 11 is 0. The Morgan fingerprint density at radius 3 is 2.19 bits per heavy atom. The van der Waals surface area contributed by atoms with Crippen molar-refractivity contribution in [3.05, 3.63) is 71.5 Å². The highest BCUT2D eigenvalue weighted by Crippen LogP contribution is 2.12. The predicted octanol–water partition coefficient (Wildman–Crippen LogP) is 3.52. The van der Waals surface area contributed by atoms with Crippen LogP contribution in [0.5, 0.6) is 0 Å². The highest BCUT2D eigenvalue weighted by atomic mass is 19.1. The van der Waals surface area contributed by atoms with Gasteiger partial charge in [0.1, 0.15) is 5.82 Å². The first-order valence-corrected chi connectivity index (χ1v) is 9.44. The standard InChI is InChI=1S/C22H25FN2O2/c23-20-11-9-19(10-12-20)21(26)7-4-8-22(27)25-15-13-24(14-16-25)17-18-5-2-1-3-6-18/h1-3,5-6,9-12H,4,7-8,13-17H2. The van der Waals surface area contributed by atoms with Gasteiger partial charge in [-0.2, -0.15) is 0 Å². The van der Waals surface area contributed by atoms with Gasteiger partial charge in [0, 0.05) is 51.1 Å². The summed E-state index contributed by atoms with van der Waals surface area (Å²) in [6, 6.07) is 15.9. The average Bonchev–Trinajstić information content (AvgIpc) is 2.69. The molecule has 27 heavy (non-hydrogen) atoms. The Morgan fingerprint density at radius 1 is 0.852 bits per heavy atom. The molecule has 1 saturated heterocycles. The molecule has 1 fully saturated rings. The lowest BCUT2D eigenvalue weighted by molar-refractivity contribution is -0.133. The van der Waals surface area contributed by atoms with Crippen LogP contribution >= 0.6 is 0 Å². The number of Topliss-reactive ketones (excluding diaryl/α,β-unsaturated/α-hetero) is 1. The number of nitrogens with zero attached hydrogens (tertiary/aromatic N) is 2. The molecule has 142 valence electrons. The maximum absolute atomic E-state index is 12.9. The van der Waals surface area contributed by atoms with Crippen molar-refractivity contribution in [2.75, 3.05) is 26.2 Å². The number of benzene rings is 2. The van der Waals surface area contributed by atoms with Crippen molar-refractivity contribution in [2.45, 2.75) is 25.8 Å². The van der Waals surface area contributed by atoms with Crippen LogP contribution in [0, 0.1) is 5.82 Å². The molecule has 5 heteroatoms. The van der Waals surface area contributed by atoms with Crippen molar-refractivity contribution in [1.29, 1.82) is 0 Å².